The lowest BCUT2D eigenvalue weighted by molar-refractivity contribution is -0.132. The molecule has 0 spiro atoms. The largest absolute Gasteiger partial charge is 0.507 e. The number of amides is 1. The van der Waals surface area contributed by atoms with Gasteiger partial charge in [0, 0.05) is 5.56 Å². The molecule has 1 fully saturated rings. The van der Waals surface area contributed by atoms with E-state index < -0.39 is 23.7 Å². The van der Waals surface area contributed by atoms with E-state index >= 15 is 0 Å². The number of hydrogen-bond donors (Lipinski definition) is 1. The van der Waals surface area contributed by atoms with E-state index in [4.69, 9.17) is 14.2 Å². The number of ketones is 1. The Morgan fingerprint density at radius 1 is 0.977 bits per heavy atom. The van der Waals surface area contributed by atoms with Crippen LogP contribution in [-0.4, -0.2) is 41.5 Å². The summed E-state index contributed by atoms with van der Waals surface area (Å²) < 4.78 is 16.9. The van der Waals surface area contributed by atoms with Gasteiger partial charge < -0.3 is 19.3 Å². The average Bonchev–Trinajstić information content (AvgIpc) is 3.52. The molecule has 1 N–H and O–H groups in total. The van der Waals surface area contributed by atoms with Gasteiger partial charge in [0.05, 0.1) is 31.0 Å². The lowest BCUT2D eigenvalue weighted by atomic mass is 9.95. The monoisotopic (exact) mass is 598 g/mol. The summed E-state index contributed by atoms with van der Waals surface area (Å²) in [7, 11) is 1.26. The zero-order chi connectivity index (χ0) is 30.7. The highest BCUT2D eigenvalue weighted by molar-refractivity contribution is 7.17. The minimum absolute atomic E-state index is 0.110. The molecule has 1 amide bonds. The number of carbonyl (C=O) groups is 3. The summed E-state index contributed by atoms with van der Waals surface area (Å²) in [5.74, 6) is -1.81. The number of anilines is 1. The predicted molar refractivity (Wildman–Crippen MR) is 163 cm³/mol. The molecule has 0 radical (unpaired) electrons. The van der Waals surface area contributed by atoms with Crippen LogP contribution in [0.2, 0.25) is 0 Å². The van der Waals surface area contributed by atoms with Crippen LogP contribution in [0.25, 0.3) is 5.76 Å². The van der Waals surface area contributed by atoms with Crippen molar-refractivity contribution >= 4 is 39.9 Å². The highest BCUT2D eigenvalue weighted by Crippen LogP contribution is 2.45. The minimum Gasteiger partial charge on any atom is -0.507 e. The third-order valence-electron chi connectivity index (χ3n) is 6.95. The number of Topliss-reactive ketones (excluding diaryl/α,β-unsaturated/α-hetero) is 1. The standard InChI is InChI=1S/C33H30N2O7S/c1-5-41-25-17-23(15-16-24(25)42-18-21-9-7-6-8-10-21)27-26(28(36)22-13-11-19(2)12-14-22)29(37)31(38)35(27)33-34-20(3)30(43-33)32(39)40-4/h6-17,27,36H,5,18H2,1-4H3/b28-26+. The second-order valence-corrected chi connectivity index (χ2v) is 10.8. The molecular weight excluding hydrogens is 568 g/mol. The van der Waals surface area contributed by atoms with Crippen LogP contribution in [0.1, 0.15) is 50.6 Å². The van der Waals surface area contributed by atoms with Crippen molar-refractivity contribution in [1.29, 1.82) is 0 Å². The molecule has 220 valence electrons. The molecule has 0 saturated carbocycles. The van der Waals surface area contributed by atoms with Crippen molar-refractivity contribution in [2.45, 2.75) is 33.4 Å². The van der Waals surface area contributed by atoms with Gasteiger partial charge in [0.2, 0.25) is 0 Å². The second-order valence-electron chi connectivity index (χ2n) is 9.85. The molecule has 1 unspecified atom stereocenters. The van der Waals surface area contributed by atoms with Crippen LogP contribution in [0, 0.1) is 13.8 Å². The Kier molecular flexibility index (Phi) is 8.58. The van der Waals surface area contributed by atoms with E-state index in [0.717, 1.165) is 22.5 Å². The van der Waals surface area contributed by atoms with Gasteiger partial charge >= 0.3 is 11.9 Å². The van der Waals surface area contributed by atoms with Crippen LogP contribution in [0.5, 0.6) is 11.5 Å². The molecule has 1 aromatic heterocycles. The first-order valence-electron chi connectivity index (χ1n) is 13.6. The van der Waals surface area contributed by atoms with Crippen molar-refractivity contribution in [3.05, 3.63) is 111 Å². The normalized spacial score (nSPS) is 15.9. The van der Waals surface area contributed by atoms with Crippen molar-refractivity contribution in [2.75, 3.05) is 18.6 Å². The Bertz CT molecular complexity index is 1710. The number of thiazole rings is 1. The number of carbonyl (C=O) groups excluding carboxylic acids is 3. The lowest BCUT2D eigenvalue weighted by Crippen LogP contribution is -2.29. The number of aliphatic hydroxyl groups is 1. The molecule has 1 saturated heterocycles. The van der Waals surface area contributed by atoms with Gasteiger partial charge in [0.1, 0.15) is 17.2 Å². The molecule has 1 aliphatic rings. The Morgan fingerprint density at radius 2 is 1.70 bits per heavy atom. The number of aryl methyl sites for hydroxylation is 2. The minimum atomic E-state index is -1.07. The summed E-state index contributed by atoms with van der Waals surface area (Å²) in [5, 5.41) is 11.6. The van der Waals surface area contributed by atoms with Crippen molar-refractivity contribution in [3.8, 4) is 11.5 Å². The van der Waals surface area contributed by atoms with E-state index in [9.17, 15) is 19.5 Å². The highest BCUT2D eigenvalue weighted by Gasteiger charge is 2.48. The van der Waals surface area contributed by atoms with Gasteiger partial charge in [-0.1, -0.05) is 77.6 Å². The number of esters is 1. The highest BCUT2D eigenvalue weighted by atomic mass is 32.1. The molecule has 3 aromatic carbocycles. The van der Waals surface area contributed by atoms with Crippen LogP contribution in [0.4, 0.5) is 5.13 Å². The fourth-order valence-electron chi connectivity index (χ4n) is 4.80. The molecule has 0 aliphatic carbocycles. The summed E-state index contributed by atoms with van der Waals surface area (Å²) in [5.41, 5.74) is 3.05. The van der Waals surface area contributed by atoms with E-state index in [1.165, 1.54) is 12.0 Å². The first-order valence-corrected chi connectivity index (χ1v) is 14.4. The number of benzene rings is 3. The van der Waals surface area contributed by atoms with E-state index in [0.29, 0.717) is 41.5 Å². The number of aliphatic hydroxyl groups excluding tert-OH is 1. The molecule has 0 bridgehead atoms. The second kappa shape index (κ2) is 12.5. The molecule has 9 nitrogen and oxygen atoms in total. The van der Waals surface area contributed by atoms with Crippen molar-refractivity contribution in [1.82, 2.24) is 4.98 Å². The Morgan fingerprint density at radius 3 is 2.37 bits per heavy atom. The summed E-state index contributed by atoms with van der Waals surface area (Å²) >= 11 is 0.936. The number of nitrogens with zero attached hydrogens (tertiary/aromatic N) is 2. The maximum atomic E-state index is 13.6. The summed E-state index contributed by atoms with van der Waals surface area (Å²) in [4.78, 5) is 45.4. The molecule has 5 rings (SSSR count). The van der Waals surface area contributed by atoms with E-state index in [1.54, 1.807) is 49.4 Å². The van der Waals surface area contributed by atoms with Gasteiger partial charge in [-0.25, -0.2) is 9.78 Å². The number of aromatic nitrogens is 1. The summed E-state index contributed by atoms with van der Waals surface area (Å²) in [6.07, 6.45) is 0. The van der Waals surface area contributed by atoms with Gasteiger partial charge in [0.15, 0.2) is 16.6 Å². The first-order chi connectivity index (χ1) is 20.7. The molecule has 1 aliphatic heterocycles. The zero-order valence-electron chi connectivity index (χ0n) is 24.1. The maximum absolute atomic E-state index is 13.6. The first kappa shape index (κ1) is 29.5. The van der Waals surface area contributed by atoms with Crippen molar-refractivity contribution in [2.24, 2.45) is 0 Å². The van der Waals surface area contributed by atoms with Gasteiger partial charge in [0.25, 0.3) is 5.78 Å². The molecule has 43 heavy (non-hydrogen) atoms. The van der Waals surface area contributed by atoms with Gasteiger partial charge in [-0.05, 0) is 44.0 Å². The van der Waals surface area contributed by atoms with E-state index in [-0.39, 0.29) is 21.3 Å². The van der Waals surface area contributed by atoms with Crippen LogP contribution in [-0.2, 0) is 20.9 Å². The molecular formula is C33H30N2O7S. The Hall–Kier alpha value is -4.96. The fourth-order valence-corrected chi connectivity index (χ4v) is 5.81. The quantitative estimate of drug-likeness (QED) is 0.106. The molecule has 4 aromatic rings. The van der Waals surface area contributed by atoms with Gasteiger partial charge in [-0.3, -0.25) is 14.5 Å². The number of rotatable bonds is 9. The molecule has 10 heteroatoms. The average molecular weight is 599 g/mol. The number of ether oxygens (including phenoxy) is 3. The third-order valence-corrected chi connectivity index (χ3v) is 8.09. The summed E-state index contributed by atoms with van der Waals surface area (Å²) in [6.45, 7) is 6.01. The van der Waals surface area contributed by atoms with E-state index in [2.05, 4.69) is 4.98 Å². The van der Waals surface area contributed by atoms with Crippen LogP contribution < -0.4 is 14.4 Å². The van der Waals surface area contributed by atoms with Gasteiger partial charge in [-0.15, -0.1) is 0 Å². The maximum Gasteiger partial charge on any atom is 0.350 e. The SMILES string of the molecule is CCOc1cc(C2/C(=C(\O)c3ccc(C)cc3)C(=O)C(=O)N2c2nc(C)c(C(=O)OC)s2)ccc1OCc1ccccc1. The lowest BCUT2D eigenvalue weighted by Gasteiger charge is -2.24. The van der Waals surface area contributed by atoms with Crippen LogP contribution in [0.15, 0.2) is 78.4 Å². The Balaban J connectivity index is 1.65. The third kappa shape index (κ3) is 5.87. The smallest absolute Gasteiger partial charge is 0.350 e. The summed E-state index contributed by atoms with van der Waals surface area (Å²) in [6, 6.07) is 20.7. The van der Waals surface area contributed by atoms with Crippen molar-refractivity contribution < 1.29 is 33.7 Å². The fraction of sp³-hybridized carbons (Fsp3) is 0.212. The molecule has 1 atom stereocenters. The number of methoxy groups -OCH3 is 1. The van der Waals surface area contributed by atoms with Gasteiger partial charge in [-0.2, -0.15) is 0 Å². The van der Waals surface area contributed by atoms with Crippen LogP contribution in [0.3, 0.4) is 0 Å². The predicted octanol–water partition coefficient (Wildman–Crippen LogP) is 6.15. The Labute approximate surface area is 253 Å². The van der Waals surface area contributed by atoms with Crippen molar-refractivity contribution in [3.63, 3.8) is 0 Å². The van der Waals surface area contributed by atoms with Crippen LogP contribution >= 0.6 is 11.3 Å². The zero-order valence-corrected chi connectivity index (χ0v) is 24.9. The topological polar surface area (TPSA) is 115 Å². The number of hydrogen-bond acceptors (Lipinski definition) is 9. The van der Waals surface area contributed by atoms with E-state index in [1.807, 2.05) is 44.2 Å². The molecule has 2 heterocycles.